The van der Waals surface area contributed by atoms with Crippen molar-refractivity contribution in [2.75, 3.05) is 12.3 Å². The highest BCUT2D eigenvalue weighted by Gasteiger charge is 2.51. The summed E-state index contributed by atoms with van der Waals surface area (Å²) in [7, 11) is -0.669. The molecule has 3 nitrogen and oxygen atoms in total. The van der Waals surface area contributed by atoms with Crippen molar-refractivity contribution in [3.8, 4) is 23.0 Å². The molecule has 0 N–H and O–H groups in total. The van der Waals surface area contributed by atoms with Crippen molar-refractivity contribution in [3.05, 3.63) is 112 Å². The predicted molar refractivity (Wildman–Crippen MR) is 294 cm³/mol. The Balaban J connectivity index is 0.000000138. The predicted octanol–water partition coefficient (Wildman–Crippen LogP) is 18.0. The second-order valence-electron chi connectivity index (χ2n) is 24.3. The third kappa shape index (κ3) is 9.60. The molecule has 4 aromatic rings. The van der Waals surface area contributed by atoms with Crippen LogP contribution >= 0.6 is 32.1 Å². The Hall–Kier alpha value is -2.00. The van der Waals surface area contributed by atoms with Crippen molar-refractivity contribution in [2.24, 2.45) is 0 Å². The third-order valence-corrected chi connectivity index (χ3v) is 28.7. The van der Waals surface area contributed by atoms with Gasteiger partial charge in [0.25, 0.3) is 8.38 Å². The van der Waals surface area contributed by atoms with Gasteiger partial charge in [-0.3, -0.25) is 0 Å². The lowest BCUT2D eigenvalue weighted by atomic mass is 9.75. The molecule has 7 heteroatoms. The molecule has 4 heterocycles. The minimum atomic E-state index is -1.04. The van der Waals surface area contributed by atoms with E-state index in [2.05, 4.69) is 184 Å². The van der Waals surface area contributed by atoms with Gasteiger partial charge in [-0.1, -0.05) is 152 Å². The molecule has 0 radical (unpaired) electrons. The van der Waals surface area contributed by atoms with Crippen molar-refractivity contribution in [2.45, 2.75) is 211 Å². The Bertz CT molecular complexity index is 2260. The van der Waals surface area contributed by atoms with Gasteiger partial charge in [0.2, 0.25) is 0 Å². The quantitative estimate of drug-likeness (QED) is 0.191. The van der Waals surface area contributed by atoms with Crippen molar-refractivity contribution < 1.29 is 13.8 Å². The van der Waals surface area contributed by atoms with E-state index in [1.165, 1.54) is 82.8 Å². The number of benzene rings is 4. The highest BCUT2D eigenvalue weighted by atomic mass is 31.2. The summed E-state index contributed by atoms with van der Waals surface area (Å²) in [5.41, 5.74) is 14.0. The second kappa shape index (κ2) is 19.0. The maximum atomic E-state index is 6.66. The van der Waals surface area contributed by atoms with Crippen LogP contribution in [-0.4, -0.2) is 50.4 Å². The van der Waals surface area contributed by atoms with Gasteiger partial charge in [-0.25, -0.2) is 0 Å². The van der Waals surface area contributed by atoms with E-state index in [1.807, 2.05) is 0 Å². The van der Waals surface area contributed by atoms with Crippen LogP contribution in [0.4, 0.5) is 0 Å². The minimum Gasteiger partial charge on any atom is -0.456 e. The second-order valence-corrected chi connectivity index (χ2v) is 36.8. The van der Waals surface area contributed by atoms with Gasteiger partial charge >= 0.3 is 0 Å². The summed E-state index contributed by atoms with van der Waals surface area (Å²) >= 11 is 0. The zero-order valence-electron chi connectivity index (χ0n) is 43.8. The Morgan fingerprint density at radius 3 is 1.44 bits per heavy atom. The van der Waals surface area contributed by atoms with Crippen molar-refractivity contribution in [1.82, 2.24) is 0 Å². The van der Waals surface area contributed by atoms with E-state index < -0.39 is 16.3 Å². The molecule has 10 rings (SSSR count). The van der Waals surface area contributed by atoms with Crippen LogP contribution in [0.5, 0.6) is 23.0 Å². The van der Waals surface area contributed by atoms with Gasteiger partial charge in [-0.2, -0.15) is 0 Å². The number of fused-ring (bicyclic) bond motifs is 2. The Labute approximate surface area is 407 Å². The minimum absolute atomic E-state index is 0.0298. The Kier molecular flexibility index (Phi) is 14.5. The highest BCUT2D eigenvalue weighted by molar-refractivity contribution is 7.68. The summed E-state index contributed by atoms with van der Waals surface area (Å²) in [6, 6.07) is 26.5. The van der Waals surface area contributed by atoms with Crippen LogP contribution in [0.25, 0.3) is 0 Å². The molecule has 0 amide bonds. The van der Waals surface area contributed by atoms with Gasteiger partial charge in [0.1, 0.15) is 23.0 Å². The van der Waals surface area contributed by atoms with Crippen molar-refractivity contribution >= 4 is 37.4 Å². The van der Waals surface area contributed by atoms with Gasteiger partial charge in [-0.15, -0.1) is 15.8 Å². The summed E-state index contributed by atoms with van der Waals surface area (Å²) in [5.74, 6) is 4.28. The molecule has 4 unspecified atom stereocenters. The van der Waals surface area contributed by atoms with Crippen molar-refractivity contribution in [3.63, 3.8) is 0 Å². The van der Waals surface area contributed by atoms with Crippen LogP contribution in [0.2, 0.25) is 0 Å². The van der Waals surface area contributed by atoms with Gasteiger partial charge in [0, 0.05) is 38.4 Å². The van der Waals surface area contributed by atoms with E-state index >= 15 is 0 Å². The summed E-state index contributed by atoms with van der Waals surface area (Å²) in [6.07, 6.45) is 14.0. The molecule has 0 bridgehead atoms. The highest BCUT2D eigenvalue weighted by Crippen LogP contribution is 2.65. The fraction of sp³-hybridized carbons (Fsp3) is 0.593. The summed E-state index contributed by atoms with van der Waals surface area (Å²) in [4.78, 5) is 0. The number of para-hydroxylation sites is 2. The largest absolute Gasteiger partial charge is 0.456 e. The summed E-state index contributed by atoms with van der Waals surface area (Å²) < 4.78 is 19.7. The zero-order chi connectivity index (χ0) is 47.7. The van der Waals surface area contributed by atoms with E-state index in [4.69, 9.17) is 13.8 Å². The number of hydrogen-bond donors (Lipinski definition) is 0. The number of hydrogen-bond acceptors (Lipinski definition) is 3. The molecule has 2 saturated heterocycles. The smallest absolute Gasteiger partial charge is 0.296 e. The van der Waals surface area contributed by atoms with Crippen LogP contribution in [0, 0.1) is 6.92 Å². The number of ether oxygens (including phenoxy) is 1. The van der Waals surface area contributed by atoms with Crippen LogP contribution < -0.4 is 19.1 Å². The van der Waals surface area contributed by atoms with E-state index in [-0.39, 0.29) is 26.3 Å². The molecule has 1 spiro atoms. The molecule has 2 fully saturated rings. The fourth-order valence-electron chi connectivity index (χ4n) is 12.9. The van der Waals surface area contributed by atoms with Crippen LogP contribution in [0.15, 0.2) is 72.8 Å². The first-order valence-electron chi connectivity index (χ1n) is 25.6. The van der Waals surface area contributed by atoms with E-state index in [1.54, 1.807) is 12.3 Å². The normalized spacial score (nSPS) is 25.6. The van der Waals surface area contributed by atoms with Crippen molar-refractivity contribution in [1.29, 1.82) is 0 Å². The topological polar surface area (TPSA) is 27.7 Å². The van der Waals surface area contributed by atoms with Crippen LogP contribution in [0.1, 0.15) is 181 Å². The van der Waals surface area contributed by atoms with Gasteiger partial charge in [0.05, 0.1) is 5.16 Å². The maximum Gasteiger partial charge on any atom is 0.296 e. The lowest BCUT2D eigenvalue weighted by Gasteiger charge is -2.44. The maximum absolute atomic E-state index is 6.66. The number of rotatable bonds is 4. The van der Waals surface area contributed by atoms with Crippen LogP contribution in [0.3, 0.4) is 0 Å². The Morgan fingerprint density at radius 1 is 0.576 bits per heavy atom. The van der Waals surface area contributed by atoms with E-state index in [9.17, 15) is 0 Å². The first-order valence-corrected chi connectivity index (χ1v) is 31.4. The number of aryl methyl sites for hydroxylation is 3. The molecule has 4 aliphatic heterocycles. The fourth-order valence-corrected chi connectivity index (χ4v) is 25.5. The van der Waals surface area contributed by atoms with Crippen LogP contribution in [-0.2, 0) is 23.7 Å². The monoisotopic (exact) mass is 965 g/mol. The molecule has 6 aliphatic rings. The standard InChI is InChI=1S/C24H33OP.C21H23O2P.C14H28P2/c1-16-12-10-13-17-20(16)25-21-18(24(17,8)9)14-11-15-19(21)26(22(2,3)4)23(5,6)7;1-20(2,3)24-22-16-8-4-6-14-10-12-21(18(14)16)13-11-15-7-5-9-17(23-24)19(15)21;1-11-5-6-12(2)15(11)9-10-16-13(3)7-8-14(16)4/h10-15H,1-9H3;4-9H,10-13H2,1-3H3;11-14H,5-10H2,1-4H3. The van der Waals surface area contributed by atoms with Gasteiger partial charge < -0.3 is 13.8 Å². The summed E-state index contributed by atoms with van der Waals surface area (Å²) in [6.45, 7) is 37.7. The average molecular weight is 965 g/mol. The molecule has 0 saturated carbocycles. The molecule has 66 heavy (non-hydrogen) atoms. The lowest BCUT2D eigenvalue weighted by molar-refractivity contribution is 0.409. The zero-order valence-corrected chi connectivity index (χ0v) is 47.4. The first-order chi connectivity index (χ1) is 30.9. The molecular formula is C59H84O3P4. The molecule has 0 aromatic heterocycles. The van der Waals surface area contributed by atoms with Gasteiger partial charge in [-0.05, 0) is 153 Å². The Morgan fingerprint density at radius 2 is 1.00 bits per heavy atom. The lowest BCUT2D eigenvalue weighted by Crippen LogP contribution is -2.34. The van der Waals surface area contributed by atoms with E-state index in [0.717, 1.165) is 58.5 Å². The molecule has 4 atom stereocenters. The molecule has 2 aliphatic carbocycles. The summed E-state index contributed by atoms with van der Waals surface area (Å²) in [5, 5.41) is 1.79. The van der Waals surface area contributed by atoms with Gasteiger partial charge in [0.15, 0.2) is 0 Å². The first kappa shape index (κ1) is 50.4. The average Bonchev–Trinajstić information content (AvgIpc) is 3.98. The molecular weight excluding hydrogens is 881 g/mol. The SMILES string of the molecule is CC(C)(C)P1Oc2cccc3c2C2(CC3)CCc3cccc(c32)O1.CC1CCC(C)P1CCP1C(C)CCC1C.Cc1cccc2c1Oc1c(P(C(C)(C)C)C(C)(C)C)cccc1C2(C)C. The third-order valence-electron chi connectivity index (χ3n) is 16.0. The molecule has 4 aromatic carbocycles. The molecule has 358 valence electrons. The van der Waals surface area contributed by atoms with E-state index in [0.29, 0.717) is 15.8 Å².